The SMILES string of the molecule is CC(Sc1nnc(-c2cccs2)o1)C(=O)Nc1cccc(S(=O)(=O)N(C)C)c1. The summed E-state index contributed by atoms with van der Waals surface area (Å²) in [5, 5.41) is 12.3. The van der Waals surface area contributed by atoms with Crippen LogP contribution in [0.2, 0.25) is 0 Å². The van der Waals surface area contributed by atoms with Crippen molar-refractivity contribution in [3.05, 3.63) is 41.8 Å². The Balaban J connectivity index is 1.66. The minimum atomic E-state index is -3.58. The molecule has 0 aliphatic heterocycles. The highest BCUT2D eigenvalue weighted by molar-refractivity contribution is 8.00. The fraction of sp³-hybridized carbons (Fsp3) is 0.235. The van der Waals surface area contributed by atoms with Crippen molar-refractivity contribution in [1.82, 2.24) is 14.5 Å². The minimum absolute atomic E-state index is 0.105. The number of thiophene rings is 1. The van der Waals surface area contributed by atoms with Gasteiger partial charge in [0.1, 0.15) is 0 Å². The normalized spacial score (nSPS) is 12.9. The molecule has 0 spiro atoms. The largest absolute Gasteiger partial charge is 0.410 e. The monoisotopic (exact) mass is 438 g/mol. The molecule has 3 rings (SSSR count). The fourth-order valence-corrected chi connectivity index (χ4v) is 4.43. The van der Waals surface area contributed by atoms with Gasteiger partial charge >= 0.3 is 0 Å². The average molecular weight is 439 g/mol. The van der Waals surface area contributed by atoms with E-state index in [0.29, 0.717) is 11.6 Å². The van der Waals surface area contributed by atoms with E-state index in [1.165, 1.54) is 37.6 Å². The molecule has 8 nitrogen and oxygen atoms in total. The first-order chi connectivity index (χ1) is 13.3. The van der Waals surface area contributed by atoms with Gasteiger partial charge in [0.15, 0.2) is 0 Å². The number of carbonyl (C=O) groups excluding carboxylic acids is 1. The summed E-state index contributed by atoms with van der Waals surface area (Å²) < 4.78 is 31.1. The molecule has 0 radical (unpaired) electrons. The van der Waals surface area contributed by atoms with Gasteiger partial charge in [-0.25, -0.2) is 12.7 Å². The zero-order chi connectivity index (χ0) is 20.3. The fourth-order valence-electron chi connectivity index (χ4n) is 2.15. The predicted octanol–water partition coefficient (Wildman–Crippen LogP) is 3.17. The lowest BCUT2D eigenvalue weighted by Crippen LogP contribution is -2.24. The number of anilines is 1. The first-order valence-corrected chi connectivity index (χ1v) is 11.3. The first-order valence-electron chi connectivity index (χ1n) is 8.15. The third-order valence-corrected chi connectivity index (χ3v) is 7.27. The van der Waals surface area contributed by atoms with Crippen molar-refractivity contribution in [3.63, 3.8) is 0 Å². The van der Waals surface area contributed by atoms with Crippen LogP contribution in [-0.4, -0.2) is 48.2 Å². The third-order valence-electron chi connectivity index (χ3n) is 3.67. The Morgan fingerprint density at radius 2 is 2.04 bits per heavy atom. The topological polar surface area (TPSA) is 105 Å². The van der Waals surface area contributed by atoms with E-state index in [-0.39, 0.29) is 16.0 Å². The maximum Gasteiger partial charge on any atom is 0.277 e. The molecule has 148 valence electrons. The molecule has 11 heteroatoms. The summed E-state index contributed by atoms with van der Waals surface area (Å²) >= 11 is 2.61. The summed E-state index contributed by atoms with van der Waals surface area (Å²) in [6, 6.07) is 9.87. The summed E-state index contributed by atoms with van der Waals surface area (Å²) in [7, 11) is -0.673. The number of nitrogens with one attached hydrogen (secondary N) is 1. The lowest BCUT2D eigenvalue weighted by Gasteiger charge is -2.13. The highest BCUT2D eigenvalue weighted by Crippen LogP contribution is 2.29. The molecule has 0 saturated heterocycles. The van der Waals surface area contributed by atoms with Crippen molar-refractivity contribution < 1.29 is 17.6 Å². The lowest BCUT2D eigenvalue weighted by atomic mass is 10.3. The van der Waals surface area contributed by atoms with E-state index < -0.39 is 15.3 Å². The Bertz CT molecular complexity index is 1060. The number of amides is 1. The maximum atomic E-state index is 12.5. The molecular weight excluding hydrogens is 420 g/mol. The number of hydrogen-bond acceptors (Lipinski definition) is 8. The van der Waals surface area contributed by atoms with Crippen LogP contribution >= 0.6 is 23.1 Å². The van der Waals surface area contributed by atoms with E-state index in [0.717, 1.165) is 20.9 Å². The molecule has 0 aliphatic carbocycles. The van der Waals surface area contributed by atoms with Gasteiger partial charge in [-0.1, -0.05) is 23.9 Å². The second kappa shape index (κ2) is 8.43. The van der Waals surface area contributed by atoms with E-state index in [4.69, 9.17) is 4.42 Å². The van der Waals surface area contributed by atoms with E-state index in [1.54, 1.807) is 19.1 Å². The van der Waals surface area contributed by atoms with Crippen molar-refractivity contribution in [2.45, 2.75) is 22.3 Å². The molecule has 2 heterocycles. The highest BCUT2D eigenvalue weighted by Gasteiger charge is 2.21. The summed E-state index contributed by atoms with van der Waals surface area (Å²) in [4.78, 5) is 13.4. The third kappa shape index (κ3) is 4.61. The summed E-state index contributed by atoms with van der Waals surface area (Å²) in [6.07, 6.45) is 0. The van der Waals surface area contributed by atoms with Gasteiger partial charge in [-0.05, 0) is 36.6 Å². The number of nitrogens with zero attached hydrogens (tertiary/aromatic N) is 3. The molecule has 0 bridgehead atoms. The van der Waals surface area contributed by atoms with Gasteiger partial charge in [-0.3, -0.25) is 4.79 Å². The van der Waals surface area contributed by atoms with Gasteiger partial charge < -0.3 is 9.73 Å². The number of hydrogen-bond donors (Lipinski definition) is 1. The molecular formula is C17H18N4O4S3. The van der Waals surface area contributed by atoms with Crippen LogP contribution in [0.4, 0.5) is 5.69 Å². The van der Waals surface area contributed by atoms with E-state index in [9.17, 15) is 13.2 Å². The van der Waals surface area contributed by atoms with Crippen LogP contribution in [0.1, 0.15) is 6.92 Å². The number of aromatic nitrogens is 2. The predicted molar refractivity (Wildman–Crippen MR) is 109 cm³/mol. The van der Waals surface area contributed by atoms with Crippen molar-refractivity contribution in [1.29, 1.82) is 0 Å². The minimum Gasteiger partial charge on any atom is -0.410 e. The van der Waals surface area contributed by atoms with Crippen molar-refractivity contribution >= 4 is 44.7 Å². The summed E-state index contributed by atoms with van der Waals surface area (Å²) in [6.45, 7) is 1.70. The standard InChI is InChI=1S/C17H18N4O4S3/c1-11(27-17-20-19-16(25-17)14-8-5-9-26-14)15(22)18-12-6-4-7-13(10-12)28(23,24)21(2)3/h4-11H,1-3H3,(H,18,22). The van der Waals surface area contributed by atoms with Gasteiger partial charge in [0, 0.05) is 19.8 Å². The summed E-state index contributed by atoms with van der Waals surface area (Å²) in [5.74, 6) is 0.104. The molecule has 1 aromatic carbocycles. The van der Waals surface area contributed by atoms with Crippen molar-refractivity contribution in [2.24, 2.45) is 0 Å². The Hall–Kier alpha value is -2.21. The van der Waals surface area contributed by atoms with E-state index >= 15 is 0 Å². The van der Waals surface area contributed by atoms with Gasteiger partial charge in [0.05, 0.1) is 15.0 Å². The van der Waals surface area contributed by atoms with Crippen LogP contribution in [0.3, 0.4) is 0 Å². The number of rotatable bonds is 7. The van der Waals surface area contributed by atoms with Crippen LogP contribution < -0.4 is 5.32 Å². The maximum absolute atomic E-state index is 12.5. The lowest BCUT2D eigenvalue weighted by molar-refractivity contribution is -0.115. The van der Waals surface area contributed by atoms with Crippen LogP contribution in [0, 0.1) is 0 Å². The van der Waals surface area contributed by atoms with Gasteiger partial charge in [0.25, 0.3) is 11.1 Å². The zero-order valence-electron chi connectivity index (χ0n) is 15.3. The molecule has 0 saturated carbocycles. The zero-order valence-corrected chi connectivity index (χ0v) is 17.8. The van der Waals surface area contributed by atoms with Crippen LogP contribution in [-0.2, 0) is 14.8 Å². The Labute approximate surface area is 171 Å². The Kier molecular flexibility index (Phi) is 6.18. The molecule has 1 amide bonds. The number of carbonyl (C=O) groups is 1. The number of sulfonamides is 1. The van der Waals surface area contributed by atoms with Gasteiger partial charge in [0.2, 0.25) is 15.9 Å². The summed E-state index contributed by atoms with van der Waals surface area (Å²) in [5.41, 5.74) is 0.394. The van der Waals surface area contributed by atoms with Crippen LogP contribution in [0.25, 0.3) is 10.8 Å². The first kappa shape index (κ1) is 20.5. The van der Waals surface area contributed by atoms with Crippen molar-refractivity contribution in [3.8, 4) is 10.8 Å². The van der Waals surface area contributed by atoms with E-state index in [2.05, 4.69) is 15.5 Å². The second-order valence-corrected chi connectivity index (χ2v) is 10.3. The molecule has 1 atom stereocenters. The molecule has 0 fully saturated rings. The molecule has 1 unspecified atom stereocenters. The van der Waals surface area contributed by atoms with E-state index in [1.807, 2.05) is 17.5 Å². The number of thioether (sulfide) groups is 1. The average Bonchev–Trinajstić information content (AvgIpc) is 3.33. The Morgan fingerprint density at radius 1 is 1.25 bits per heavy atom. The number of benzene rings is 1. The molecule has 1 N–H and O–H groups in total. The van der Waals surface area contributed by atoms with Gasteiger partial charge in [-0.15, -0.1) is 21.5 Å². The molecule has 2 aromatic heterocycles. The molecule has 3 aromatic rings. The highest BCUT2D eigenvalue weighted by atomic mass is 32.2. The Morgan fingerprint density at radius 3 is 2.71 bits per heavy atom. The van der Waals surface area contributed by atoms with Crippen LogP contribution in [0.5, 0.6) is 0 Å². The second-order valence-electron chi connectivity index (χ2n) is 5.92. The molecule has 0 aliphatic rings. The van der Waals surface area contributed by atoms with Crippen molar-refractivity contribution in [2.75, 3.05) is 19.4 Å². The van der Waals surface area contributed by atoms with Crippen LogP contribution in [0.15, 0.2) is 56.3 Å². The smallest absolute Gasteiger partial charge is 0.277 e. The quantitative estimate of drug-likeness (QED) is 0.565. The van der Waals surface area contributed by atoms with Gasteiger partial charge in [-0.2, -0.15) is 0 Å². The molecule has 28 heavy (non-hydrogen) atoms.